The first-order chi connectivity index (χ1) is 15.0. The molecular formula is C26H24N2O3. The van der Waals surface area contributed by atoms with E-state index in [1.54, 1.807) is 24.1 Å². The number of methoxy groups -OCH3 is 1. The first-order valence-corrected chi connectivity index (χ1v) is 10.1. The largest absolute Gasteiger partial charge is 0.497 e. The van der Waals surface area contributed by atoms with Crippen molar-refractivity contribution in [3.63, 3.8) is 0 Å². The quantitative estimate of drug-likeness (QED) is 0.502. The molecule has 5 nitrogen and oxygen atoms in total. The molecule has 1 N–H and O–H groups in total. The van der Waals surface area contributed by atoms with Crippen molar-refractivity contribution in [2.24, 2.45) is 0 Å². The van der Waals surface area contributed by atoms with Gasteiger partial charge in [-0.3, -0.25) is 9.59 Å². The lowest BCUT2D eigenvalue weighted by molar-refractivity contribution is 0.0985. The summed E-state index contributed by atoms with van der Waals surface area (Å²) in [6, 6.07) is 22.4. The topological polar surface area (TPSA) is 62.4 Å². The number of nitrogens with zero attached hydrogens (tertiary/aromatic N) is 1. The zero-order chi connectivity index (χ0) is 22.0. The molecule has 4 aromatic rings. The maximum Gasteiger partial charge on any atom is 0.258 e. The molecule has 0 aliphatic heterocycles. The van der Waals surface area contributed by atoms with E-state index in [9.17, 15) is 9.59 Å². The number of aromatic amines is 1. The lowest BCUT2D eigenvalue weighted by Gasteiger charge is -2.23. The van der Waals surface area contributed by atoms with E-state index in [0.29, 0.717) is 22.6 Å². The van der Waals surface area contributed by atoms with Crippen molar-refractivity contribution in [2.45, 2.75) is 20.4 Å². The van der Waals surface area contributed by atoms with Crippen molar-refractivity contribution >= 4 is 22.5 Å². The molecule has 4 rings (SSSR count). The number of carbonyl (C=O) groups is 1. The molecule has 31 heavy (non-hydrogen) atoms. The number of H-pyrrole nitrogens is 1. The first kappa shape index (κ1) is 20.4. The number of carbonyl (C=O) groups excluding carboxylic acids is 1. The molecule has 3 aromatic carbocycles. The molecule has 0 saturated heterocycles. The minimum absolute atomic E-state index is 0.151. The Morgan fingerprint density at radius 3 is 2.35 bits per heavy atom. The summed E-state index contributed by atoms with van der Waals surface area (Å²) in [4.78, 5) is 30.9. The molecule has 0 atom stereocenters. The third-order valence-corrected chi connectivity index (χ3v) is 5.42. The second-order valence-corrected chi connectivity index (χ2v) is 7.62. The van der Waals surface area contributed by atoms with Crippen LogP contribution in [0.4, 0.5) is 5.69 Å². The summed E-state index contributed by atoms with van der Waals surface area (Å²) in [5.41, 5.74) is 4.48. The van der Waals surface area contributed by atoms with Crippen molar-refractivity contribution in [3.05, 3.63) is 105 Å². The van der Waals surface area contributed by atoms with Gasteiger partial charge in [-0.05, 0) is 67.3 Å². The van der Waals surface area contributed by atoms with Gasteiger partial charge in [-0.25, -0.2) is 0 Å². The van der Waals surface area contributed by atoms with E-state index >= 15 is 0 Å². The fourth-order valence-corrected chi connectivity index (χ4v) is 3.61. The molecule has 156 valence electrons. The average Bonchev–Trinajstić information content (AvgIpc) is 2.78. The summed E-state index contributed by atoms with van der Waals surface area (Å²) in [5, 5.41) is 0.937. The predicted molar refractivity (Wildman–Crippen MR) is 124 cm³/mol. The lowest BCUT2D eigenvalue weighted by atomic mass is 10.1. The number of benzene rings is 3. The van der Waals surface area contributed by atoms with Crippen LogP contribution in [-0.2, 0) is 6.54 Å². The van der Waals surface area contributed by atoms with Crippen LogP contribution in [0, 0.1) is 13.8 Å². The fraction of sp³-hybridized carbons (Fsp3) is 0.154. The molecule has 1 aromatic heterocycles. The number of pyridine rings is 1. The molecule has 0 radical (unpaired) electrons. The molecule has 0 aliphatic rings. The number of rotatable bonds is 5. The van der Waals surface area contributed by atoms with Crippen LogP contribution in [0.5, 0.6) is 5.75 Å². The van der Waals surface area contributed by atoms with E-state index in [-0.39, 0.29) is 18.0 Å². The smallest absolute Gasteiger partial charge is 0.258 e. The lowest BCUT2D eigenvalue weighted by Crippen LogP contribution is -2.32. The predicted octanol–water partition coefficient (Wildman–Crippen LogP) is 5.00. The van der Waals surface area contributed by atoms with E-state index in [1.165, 1.54) is 0 Å². The SMILES string of the molecule is COc1ccc(N(Cc2cc3cccc(C)c3[nH]c2=O)C(=O)c2ccc(C)cc2)cc1. The van der Waals surface area contributed by atoms with Crippen LogP contribution < -0.4 is 15.2 Å². The summed E-state index contributed by atoms with van der Waals surface area (Å²) in [6.07, 6.45) is 0. The van der Waals surface area contributed by atoms with Crippen molar-refractivity contribution in [3.8, 4) is 5.75 Å². The second-order valence-electron chi connectivity index (χ2n) is 7.62. The van der Waals surface area contributed by atoms with E-state index in [1.807, 2.05) is 74.5 Å². The number of hydrogen-bond donors (Lipinski definition) is 1. The molecular weight excluding hydrogens is 388 g/mol. The van der Waals surface area contributed by atoms with Crippen molar-refractivity contribution in [1.29, 1.82) is 0 Å². The van der Waals surface area contributed by atoms with Crippen LogP contribution in [0.3, 0.4) is 0 Å². The Balaban J connectivity index is 1.77. The van der Waals surface area contributed by atoms with E-state index < -0.39 is 0 Å². The highest BCUT2D eigenvalue weighted by Crippen LogP contribution is 2.24. The third-order valence-electron chi connectivity index (χ3n) is 5.42. The maximum atomic E-state index is 13.4. The van der Waals surface area contributed by atoms with E-state index in [4.69, 9.17) is 4.74 Å². The van der Waals surface area contributed by atoms with Crippen LogP contribution in [0.15, 0.2) is 77.6 Å². The summed E-state index contributed by atoms with van der Waals surface area (Å²) < 4.78 is 5.25. The molecule has 0 spiro atoms. The van der Waals surface area contributed by atoms with Gasteiger partial charge < -0.3 is 14.6 Å². The normalized spacial score (nSPS) is 10.8. The monoisotopic (exact) mass is 412 g/mol. The number of amides is 1. The molecule has 0 saturated carbocycles. The van der Waals surface area contributed by atoms with Gasteiger partial charge in [-0.1, -0.05) is 35.9 Å². The van der Waals surface area contributed by atoms with Gasteiger partial charge in [0.1, 0.15) is 5.75 Å². The Bertz CT molecular complexity index is 1290. The molecule has 0 fully saturated rings. The fourth-order valence-electron chi connectivity index (χ4n) is 3.61. The van der Waals surface area contributed by atoms with Crippen LogP contribution >= 0.6 is 0 Å². The zero-order valence-corrected chi connectivity index (χ0v) is 17.8. The van der Waals surface area contributed by atoms with Crippen molar-refractivity contribution in [1.82, 2.24) is 4.98 Å². The number of anilines is 1. The highest BCUT2D eigenvalue weighted by molar-refractivity contribution is 6.06. The van der Waals surface area contributed by atoms with Crippen LogP contribution in [0.25, 0.3) is 10.9 Å². The zero-order valence-electron chi connectivity index (χ0n) is 17.8. The van der Waals surface area contributed by atoms with Gasteiger partial charge in [0.25, 0.3) is 11.5 Å². The second kappa shape index (κ2) is 8.48. The van der Waals surface area contributed by atoms with E-state index in [2.05, 4.69) is 4.98 Å². The summed E-state index contributed by atoms with van der Waals surface area (Å²) in [7, 11) is 1.60. The maximum absolute atomic E-state index is 13.4. The first-order valence-electron chi connectivity index (χ1n) is 10.1. The van der Waals surface area contributed by atoms with Gasteiger partial charge in [0.15, 0.2) is 0 Å². The minimum Gasteiger partial charge on any atom is -0.497 e. The number of hydrogen-bond acceptors (Lipinski definition) is 3. The van der Waals surface area contributed by atoms with Crippen molar-refractivity contribution in [2.75, 3.05) is 12.0 Å². The van der Waals surface area contributed by atoms with Gasteiger partial charge >= 0.3 is 0 Å². The molecule has 1 amide bonds. The Kier molecular flexibility index (Phi) is 5.58. The number of fused-ring (bicyclic) bond motifs is 1. The number of ether oxygens (including phenoxy) is 1. The Hall–Kier alpha value is -3.86. The van der Waals surface area contributed by atoms with Gasteiger partial charge in [0, 0.05) is 16.8 Å². The summed E-state index contributed by atoms with van der Waals surface area (Å²) >= 11 is 0. The molecule has 1 heterocycles. The van der Waals surface area contributed by atoms with Crippen molar-refractivity contribution < 1.29 is 9.53 Å². The minimum atomic E-state index is -0.197. The van der Waals surface area contributed by atoms with E-state index in [0.717, 1.165) is 22.0 Å². The Labute approximate surface area is 180 Å². The molecule has 0 unspecified atom stereocenters. The highest BCUT2D eigenvalue weighted by Gasteiger charge is 2.20. The van der Waals surface area contributed by atoms with Gasteiger partial charge in [-0.2, -0.15) is 0 Å². The molecule has 5 heteroatoms. The summed E-state index contributed by atoms with van der Waals surface area (Å²) in [5.74, 6) is 0.527. The van der Waals surface area contributed by atoms with Crippen LogP contribution in [0.1, 0.15) is 27.0 Å². The van der Waals surface area contributed by atoms with Crippen LogP contribution in [0.2, 0.25) is 0 Å². The number of aryl methyl sites for hydroxylation is 2. The average molecular weight is 412 g/mol. The Morgan fingerprint density at radius 1 is 0.968 bits per heavy atom. The Morgan fingerprint density at radius 2 is 1.68 bits per heavy atom. The molecule has 0 aliphatic carbocycles. The van der Waals surface area contributed by atoms with Crippen LogP contribution in [-0.4, -0.2) is 18.0 Å². The standard InChI is InChI=1S/C26H24N2O3/c1-17-7-9-19(10-8-17)26(30)28(22-11-13-23(31-3)14-12-22)16-21-15-20-6-4-5-18(2)24(20)27-25(21)29/h4-15H,16H2,1-3H3,(H,27,29). The number of nitrogens with one attached hydrogen (secondary N) is 1. The third kappa shape index (κ3) is 4.21. The molecule has 0 bridgehead atoms. The number of aromatic nitrogens is 1. The van der Waals surface area contributed by atoms with Gasteiger partial charge in [0.2, 0.25) is 0 Å². The van der Waals surface area contributed by atoms with Gasteiger partial charge in [-0.15, -0.1) is 0 Å². The highest BCUT2D eigenvalue weighted by atomic mass is 16.5. The summed E-state index contributed by atoms with van der Waals surface area (Å²) in [6.45, 7) is 4.09. The number of para-hydroxylation sites is 1. The van der Waals surface area contributed by atoms with Gasteiger partial charge in [0.05, 0.1) is 19.2 Å².